The number of aryl methyl sites for hydroxylation is 1. The summed E-state index contributed by atoms with van der Waals surface area (Å²) >= 11 is 1.79. The summed E-state index contributed by atoms with van der Waals surface area (Å²) in [6.45, 7) is 7.15. The molecule has 0 atom stereocenters. The Morgan fingerprint density at radius 3 is 2.83 bits per heavy atom. The fourth-order valence-corrected chi connectivity index (χ4v) is 3.16. The number of hydrogen-bond donors (Lipinski definition) is 1. The van der Waals surface area contributed by atoms with Gasteiger partial charge in [-0.25, -0.2) is 0 Å². The van der Waals surface area contributed by atoms with Crippen LogP contribution in [0, 0.1) is 0 Å². The molecule has 1 aliphatic heterocycles. The van der Waals surface area contributed by atoms with E-state index in [2.05, 4.69) is 29.4 Å². The minimum Gasteiger partial charge on any atom is -0.381 e. The van der Waals surface area contributed by atoms with Crippen molar-refractivity contribution in [1.29, 1.82) is 0 Å². The molecule has 0 aromatic carbocycles. The van der Waals surface area contributed by atoms with E-state index in [0.29, 0.717) is 12.0 Å². The van der Waals surface area contributed by atoms with Gasteiger partial charge in [0.2, 0.25) is 0 Å². The van der Waals surface area contributed by atoms with Gasteiger partial charge in [0, 0.05) is 31.6 Å². The van der Waals surface area contributed by atoms with Crippen LogP contribution in [0.25, 0.3) is 0 Å². The Morgan fingerprint density at radius 2 is 2.11 bits per heavy atom. The molecule has 1 saturated heterocycles. The van der Waals surface area contributed by atoms with E-state index < -0.39 is 0 Å². The number of ether oxygens (including phenoxy) is 1. The first kappa shape index (κ1) is 13.9. The summed E-state index contributed by atoms with van der Waals surface area (Å²) in [6, 6.07) is 0.567. The number of hydrogen-bond acceptors (Lipinski definition) is 5. The van der Waals surface area contributed by atoms with E-state index in [4.69, 9.17) is 4.74 Å². The van der Waals surface area contributed by atoms with Crippen LogP contribution in [0.3, 0.4) is 0 Å². The summed E-state index contributed by atoms with van der Waals surface area (Å²) < 4.78 is 5.38. The zero-order valence-corrected chi connectivity index (χ0v) is 12.1. The van der Waals surface area contributed by atoms with Crippen molar-refractivity contribution in [3.63, 3.8) is 0 Å². The lowest BCUT2D eigenvalue weighted by Gasteiger charge is -2.19. The van der Waals surface area contributed by atoms with Gasteiger partial charge >= 0.3 is 0 Å². The van der Waals surface area contributed by atoms with Crippen molar-refractivity contribution in [3.8, 4) is 0 Å². The summed E-state index contributed by atoms with van der Waals surface area (Å²) in [5, 5.41) is 14.5. The van der Waals surface area contributed by atoms with Gasteiger partial charge in [-0.05, 0) is 25.8 Å². The second-order valence-electron chi connectivity index (χ2n) is 5.13. The lowest BCUT2D eigenvalue weighted by molar-refractivity contribution is 0.0851. The van der Waals surface area contributed by atoms with Crippen molar-refractivity contribution in [2.45, 2.75) is 51.5 Å². The van der Waals surface area contributed by atoms with Crippen LogP contribution >= 0.6 is 11.3 Å². The molecule has 0 aliphatic carbocycles. The number of rotatable bonds is 6. The van der Waals surface area contributed by atoms with Crippen LogP contribution in [0.5, 0.6) is 0 Å². The molecule has 1 fully saturated rings. The Balaban J connectivity index is 1.75. The van der Waals surface area contributed by atoms with Crippen LogP contribution in [-0.4, -0.2) is 36.0 Å². The van der Waals surface area contributed by atoms with E-state index >= 15 is 0 Å². The third-order valence-corrected chi connectivity index (χ3v) is 4.32. The van der Waals surface area contributed by atoms with E-state index in [1.807, 2.05) is 0 Å². The topological polar surface area (TPSA) is 47.0 Å². The summed E-state index contributed by atoms with van der Waals surface area (Å²) in [6.07, 6.45) is 4.38. The summed E-state index contributed by atoms with van der Waals surface area (Å²) in [5.41, 5.74) is 0. The number of nitrogens with zero attached hydrogens (tertiary/aromatic N) is 2. The summed E-state index contributed by atoms with van der Waals surface area (Å²) in [5.74, 6) is 0.582. The molecule has 102 valence electrons. The highest BCUT2D eigenvalue weighted by Gasteiger charge is 2.19. The standard InChI is InChI=1S/C13H23N3OS/c1-10(2)14-7-3-4-12-15-16-13(18-12)11-5-8-17-9-6-11/h10-11,14H,3-9H2,1-2H3. The van der Waals surface area contributed by atoms with Gasteiger partial charge in [-0.3, -0.25) is 0 Å². The van der Waals surface area contributed by atoms with Gasteiger partial charge in [-0.15, -0.1) is 21.5 Å². The average molecular weight is 269 g/mol. The molecule has 0 saturated carbocycles. The van der Waals surface area contributed by atoms with Gasteiger partial charge in [0.15, 0.2) is 0 Å². The fourth-order valence-electron chi connectivity index (χ4n) is 2.11. The third kappa shape index (κ3) is 4.30. The maximum Gasteiger partial charge on any atom is 0.120 e. The normalized spacial score (nSPS) is 17.5. The van der Waals surface area contributed by atoms with E-state index in [1.165, 1.54) is 10.0 Å². The third-order valence-electron chi connectivity index (χ3n) is 3.17. The maximum atomic E-state index is 5.38. The van der Waals surface area contributed by atoms with Crippen molar-refractivity contribution in [3.05, 3.63) is 10.0 Å². The van der Waals surface area contributed by atoms with Crippen molar-refractivity contribution in [1.82, 2.24) is 15.5 Å². The molecule has 0 amide bonds. The first-order valence-corrected chi connectivity index (χ1v) is 7.70. The molecule has 0 spiro atoms. The molecule has 1 aromatic rings. The highest BCUT2D eigenvalue weighted by molar-refractivity contribution is 7.11. The second kappa shape index (κ2) is 7.16. The molecular formula is C13H23N3OS. The first-order chi connectivity index (χ1) is 8.75. The SMILES string of the molecule is CC(C)NCCCc1nnc(C2CCOCC2)s1. The second-order valence-corrected chi connectivity index (χ2v) is 6.23. The Bertz CT molecular complexity index is 348. The van der Waals surface area contributed by atoms with Crippen LogP contribution < -0.4 is 5.32 Å². The van der Waals surface area contributed by atoms with Gasteiger partial charge in [0.1, 0.15) is 10.0 Å². The van der Waals surface area contributed by atoms with E-state index in [1.54, 1.807) is 11.3 Å². The predicted octanol–water partition coefficient (Wildman–Crippen LogP) is 2.36. The van der Waals surface area contributed by atoms with E-state index in [9.17, 15) is 0 Å². The maximum absolute atomic E-state index is 5.38. The van der Waals surface area contributed by atoms with Crippen molar-refractivity contribution in [2.75, 3.05) is 19.8 Å². The zero-order chi connectivity index (χ0) is 12.8. The Morgan fingerprint density at radius 1 is 1.33 bits per heavy atom. The van der Waals surface area contributed by atoms with Gasteiger partial charge in [0.25, 0.3) is 0 Å². The summed E-state index contributed by atoms with van der Waals surface area (Å²) in [4.78, 5) is 0. The highest BCUT2D eigenvalue weighted by atomic mass is 32.1. The first-order valence-electron chi connectivity index (χ1n) is 6.89. The molecular weight excluding hydrogens is 246 g/mol. The van der Waals surface area contributed by atoms with Gasteiger partial charge in [0.05, 0.1) is 0 Å². The molecule has 2 rings (SSSR count). The molecule has 2 heterocycles. The molecule has 0 unspecified atom stereocenters. The Hall–Kier alpha value is -0.520. The minimum absolute atomic E-state index is 0.567. The molecule has 4 nitrogen and oxygen atoms in total. The summed E-state index contributed by atoms with van der Waals surface area (Å²) in [7, 11) is 0. The van der Waals surface area contributed by atoms with Crippen molar-refractivity contribution >= 4 is 11.3 Å². The fraction of sp³-hybridized carbons (Fsp3) is 0.846. The molecule has 5 heteroatoms. The van der Waals surface area contributed by atoms with Crippen LogP contribution in [0.15, 0.2) is 0 Å². The van der Waals surface area contributed by atoms with Crippen LogP contribution in [0.4, 0.5) is 0 Å². The Kier molecular flexibility index (Phi) is 5.53. The van der Waals surface area contributed by atoms with E-state index in [0.717, 1.165) is 45.4 Å². The average Bonchev–Trinajstić information content (AvgIpc) is 2.84. The molecule has 0 radical (unpaired) electrons. The quantitative estimate of drug-likeness (QED) is 0.805. The smallest absolute Gasteiger partial charge is 0.120 e. The molecule has 18 heavy (non-hydrogen) atoms. The molecule has 1 aliphatic rings. The van der Waals surface area contributed by atoms with Gasteiger partial charge < -0.3 is 10.1 Å². The number of nitrogens with one attached hydrogen (secondary N) is 1. The highest BCUT2D eigenvalue weighted by Crippen LogP contribution is 2.29. The Labute approximate surface area is 113 Å². The molecule has 1 N–H and O–H groups in total. The lowest BCUT2D eigenvalue weighted by Crippen LogP contribution is -2.23. The molecule has 0 bridgehead atoms. The van der Waals surface area contributed by atoms with Crippen LogP contribution in [0.2, 0.25) is 0 Å². The lowest BCUT2D eigenvalue weighted by atomic mass is 10.0. The van der Waals surface area contributed by atoms with Gasteiger partial charge in [-0.2, -0.15) is 0 Å². The molecule has 1 aromatic heterocycles. The zero-order valence-electron chi connectivity index (χ0n) is 11.3. The number of aromatic nitrogens is 2. The monoisotopic (exact) mass is 269 g/mol. The van der Waals surface area contributed by atoms with Crippen molar-refractivity contribution in [2.24, 2.45) is 0 Å². The largest absolute Gasteiger partial charge is 0.381 e. The van der Waals surface area contributed by atoms with Crippen LogP contribution in [-0.2, 0) is 11.2 Å². The minimum atomic E-state index is 0.567. The van der Waals surface area contributed by atoms with Crippen LogP contribution in [0.1, 0.15) is 49.0 Å². The van der Waals surface area contributed by atoms with Gasteiger partial charge in [-0.1, -0.05) is 13.8 Å². The predicted molar refractivity (Wildman–Crippen MR) is 74.2 cm³/mol. The van der Waals surface area contributed by atoms with Crippen molar-refractivity contribution < 1.29 is 4.74 Å². The van der Waals surface area contributed by atoms with E-state index in [-0.39, 0.29) is 0 Å².